The summed E-state index contributed by atoms with van der Waals surface area (Å²) in [5.74, 6) is 0.541. The van der Waals surface area contributed by atoms with Crippen LogP contribution in [0.2, 0.25) is 5.02 Å². The highest BCUT2D eigenvalue weighted by Crippen LogP contribution is 2.22. The minimum atomic E-state index is -0.675. The number of anilines is 1. The highest BCUT2D eigenvalue weighted by molar-refractivity contribution is 6.33. The van der Waals surface area contributed by atoms with Crippen molar-refractivity contribution in [2.45, 2.75) is 6.10 Å². The van der Waals surface area contributed by atoms with E-state index in [0.717, 1.165) is 5.69 Å². The van der Waals surface area contributed by atoms with Crippen LogP contribution in [0.4, 0.5) is 5.69 Å². The van der Waals surface area contributed by atoms with Gasteiger partial charge in [0.2, 0.25) is 0 Å². The van der Waals surface area contributed by atoms with Crippen molar-refractivity contribution in [3.05, 3.63) is 53.4 Å². The summed E-state index contributed by atoms with van der Waals surface area (Å²) in [6, 6.07) is 10.9. The van der Waals surface area contributed by atoms with Crippen LogP contribution in [0.15, 0.2) is 47.1 Å². The zero-order valence-corrected chi connectivity index (χ0v) is 9.32. The van der Waals surface area contributed by atoms with Gasteiger partial charge in [0, 0.05) is 6.54 Å². The van der Waals surface area contributed by atoms with E-state index >= 15 is 0 Å². The zero-order chi connectivity index (χ0) is 11.4. The zero-order valence-electron chi connectivity index (χ0n) is 8.56. The first-order valence-corrected chi connectivity index (χ1v) is 5.35. The van der Waals surface area contributed by atoms with Crippen LogP contribution < -0.4 is 5.32 Å². The van der Waals surface area contributed by atoms with Crippen molar-refractivity contribution in [1.29, 1.82) is 0 Å². The Morgan fingerprint density at radius 1 is 1.25 bits per heavy atom. The second-order valence-corrected chi connectivity index (χ2v) is 3.80. The summed E-state index contributed by atoms with van der Waals surface area (Å²) in [4.78, 5) is 0. The number of rotatable bonds is 4. The number of halogens is 1. The van der Waals surface area contributed by atoms with Crippen molar-refractivity contribution >= 4 is 17.3 Å². The Kier molecular flexibility index (Phi) is 3.49. The lowest BCUT2D eigenvalue weighted by Gasteiger charge is -2.11. The molecule has 3 nitrogen and oxygen atoms in total. The van der Waals surface area contributed by atoms with Gasteiger partial charge in [-0.05, 0) is 24.3 Å². The molecule has 0 spiro atoms. The molecule has 0 aliphatic heterocycles. The number of hydrogen-bond acceptors (Lipinski definition) is 3. The van der Waals surface area contributed by atoms with E-state index in [2.05, 4.69) is 5.32 Å². The normalized spacial score (nSPS) is 12.4. The highest BCUT2D eigenvalue weighted by Gasteiger charge is 2.10. The summed E-state index contributed by atoms with van der Waals surface area (Å²) in [5.41, 5.74) is 0.801. The van der Waals surface area contributed by atoms with Gasteiger partial charge in [0.25, 0.3) is 0 Å². The van der Waals surface area contributed by atoms with Gasteiger partial charge in [0.15, 0.2) is 0 Å². The van der Waals surface area contributed by atoms with E-state index in [9.17, 15) is 5.11 Å². The second-order valence-electron chi connectivity index (χ2n) is 3.39. The lowest BCUT2D eigenvalue weighted by molar-refractivity contribution is 0.162. The van der Waals surface area contributed by atoms with E-state index in [4.69, 9.17) is 16.0 Å². The first kappa shape index (κ1) is 11.0. The van der Waals surface area contributed by atoms with E-state index in [1.54, 1.807) is 18.2 Å². The van der Waals surface area contributed by atoms with Gasteiger partial charge < -0.3 is 14.8 Å². The number of nitrogens with one attached hydrogen (secondary N) is 1. The number of benzene rings is 1. The third-order valence-electron chi connectivity index (χ3n) is 2.23. The standard InChI is InChI=1S/C12H12ClNO2/c13-9-4-1-2-5-10(9)14-8-11(15)12-6-3-7-16-12/h1-7,11,14-15H,8H2. The minimum Gasteiger partial charge on any atom is -0.467 e. The van der Waals surface area contributed by atoms with E-state index < -0.39 is 6.10 Å². The number of aliphatic hydroxyl groups is 1. The van der Waals surface area contributed by atoms with Gasteiger partial charge in [0.1, 0.15) is 11.9 Å². The van der Waals surface area contributed by atoms with Gasteiger partial charge >= 0.3 is 0 Å². The molecule has 0 bridgehead atoms. The largest absolute Gasteiger partial charge is 0.467 e. The van der Waals surface area contributed by atoms with Crippen LogP contribution in [0.5, 0.6) is 0 Å². The summed E-state index contributed by atoms with van der Waals surface area (Å²) in [5, 5.41) is 13.5. The van der Waals surface area contributed by atoms with Gasteiger partial charge in [-0.15, -0.1) is 0 Å². The van der Waals surface area contributed by atoms with Crippen LogP contribution >= 0.6 is 11.6 Å². The van der Waals surface area contributed by atoms with Crippen LogP contribution in [0.3, 0.4) is 0 Å². The van der Waals surface area contributed by atoms with Crippen molar-refractivity contribution in [2.24, 2.45) is 0 Å². The fourth-order valence-corrected chi connectivity index (χ4v) is 1.60. The van der Waals surface area contributed by atoms with Crippen LogP contribution in [-0.2, 0) is 0 Å². The molecule has 0 aliphatic carbocycles. The minimum absolute atomic E-state index is 0.358. The van der Waals surface area contributed by atoms with Crippen LogP contribution in [-0.4, -0.2) is 11.7 Å². The Balaban J connectivity index is 1.95. The molecule has 1 aromatic heterocycles. The van der Waals surface area contributed by atoms with E-state index in [1.165, 1.54) is 6.26 Å². The Bertz CT molecular complexity index is 442. The second kappa shape index (κ2) is 5.05. The fourth-order valence-electron chi connectivity index (χ4n) is 1.39. The number of hydrogen-bond donors (Lipinski definition) is 2. The average Bonchev–Trinajstić information content (AvgIpc) is 2.81. The summed E-state index contributed by atoms with van der Waals surface area (Å²) < 4.78 is 5.09. The predicted octanol–water partition coefficient (Wildman–Crippen LogP) is 3.08. The van der Waals surface area contributed by atoms with Crippen molar-refractivity contribution in [3.8, 4) is 0 Å². The van der Waals surface area contributed by atoms with Crippen molar-refractivity contribution < 1.29 is 9.52 Å². The molecule has 16 heavy (non-hydrogen) atoms. The third kappa shape index (κ3) is 2.56. The lowest BCUT2D eigenvalue weighted by Crippen LogP contribution is -2.11. The molecule has 4 heteroatoms. The molecule has 1 atom stereocenters. The maximum Gasteiger partial charge on any atom is 0.134 e. The molecule has 0 saturated heterocycles. The molecule has 84 valence electrons. The van der Waals surface area contributed by atoms with Crippen LogP contribution in [0.25, 0.3) is 0 Å². The van der Waals surface area contributed by atoms with E-state index in [0.29, 0.717) is 17.3 Å². The molecule has 0 radical (unpaired) electrons. The summed E-state index contributed by atoms with van der Waals surface area (Å²) in [7, 11) is 0. The molecule has 2 N–H and O–H groups in total. The molecular weight excluding hydrogens is 226 g/mol. The molecule has 2 rings (SSSR count). The maximum atomic E-state index is 9.76. The highest BCUT2D eigenvalue weighted by atomic mass is 35.5. The summed E-state index contributed by atoms with van der Waals surface area (Å²) in [6.07, 6.45) is 0.861. The Labute approximate surface area is 98.7 Å². The predicted molar refractivity (Wildman–Crippen MR) is 63.6 cm³/mol. The van der Waals surface area contributed by atoms with Gasteiger partial charge in [-0.25, -0.2) is 0 Å². The molecule has 0 amide bonds. The SMILES string of the molecule is OC(CNc1ccccc1Cl)c1ccco1. The van der Waals surface area contributed by atoms with E-state index in [1.807, 2.05) is 18.2 Å². The topological polar surface area (TPSA) is 45.4 Å². The quantitative estimate of drug-likeness (QED) is 0.859. The fraction of sp³-hybridized carbons (Fsp3) is 0.167. The van der Waals surface area contributed by atoms with Gasteiger partial charge in [-0.1, -0.05) is 23.7 Å². The van der Waals surface area contributed by atoms with Crippen molar-refractivity contribution in [3.63, 3.8) is 0 Å². The molecule has 1 aromatic carbocycles. The average molecular weight is 238 g/mol. The van der Waals surface area contributed by atoms with Crippen molar-refractivity contribution in [2.75, 3.05) is 11.9 Å². The first-order valence-electron chi connectivity index (χ1n) is 4.97. The van der Waals surface area contributed by atoms with Gasteiger partial charge in [-0.2, -0.15) is 0 Å². The van der Waals surface area contributed by atoms with Gasteiger partial charge in [-0.3, -0.25) is 0 Å². The number of aliphatic hydroxyl groups excluding tert-OH is 1. The third-order valence-corrected chi connectivity index (χ3v) is 2.56. The Morgan fingerprint density at radius 3 is 2.75 bits per heavy atom. The molecule has 2 aromatic rings. The van der Waals surface area contributed by atoms with Crippen molar-refractivity contribution in [1.82, 2.24) is 0 Å². The first-order chi connectivity index (χ1) is 7.77. The number of para-hydroxylation sites is 1. The summed E-state index contributed by atoms with van der Waals surface area (Å²) >= 11 is 5.97. The molecular formula is C12H12ClNO2. The van der Waals surface area contributed by atoms with E-state index in [-0.39, 0.29) is 0 Å². The smallest absolute Gasteiger partial charge is 0.134 e. The van der Waals surface area contributed by atoms with Crippen LogP contribution in [0.1, 0.15) is 11.9 Å². The monoisotopic (exact) mass is 237 g/mol. The molecule has 0 aliphatic rings. The Morgan fingerprint density at radius 2 is 2.06 bits per heavy atom. The van der Waals surface area contributed by atoms with Gasteiger partial charge in [0.05, 0.1) is 17.0 Å². The molecule has 1 heterocycles. The molecule has 1 unspecified atom stereocenters. The Hall–Kier alpha value is -1.45. The number of furan rings is 1. The molecule has 0 saturated carbocycles. The molecule has 0 fully saturated rings. The maximum absolute atomic E-state index is 9.76. The summed E-state index contributed by atoms with van der Waals surface area (Å²) in [6.45, 7) is 0.358. The lowest BCUT2D eigenvalue weighted by atomic mass is 10.2. The van der Waals surface area contributed by atoms with Crippen LogP contribution in [0, 0.1) is 0 Å².